The smallest absolute Gasteiger partial charge is 0.274 e. The number of hydrogen-bond acceptors (Lipinski definition) is 4. The molecule has 3 aromatic rings. The lowest BCUT2D eigenvalue weighted by molar-refractivity contribution is 0.102. The second kappa shape index (κ2) is 8.45. The van der Waals surface area contributed by atoms with Gasteiger partial charge in [-0.15, -0.1) is 0 Å². The molecule has 0 radical (unpaired) electrons. The Balaban J connectivity index is 1.67. The van der Waals surface area contributed by atoms with E-state index in [0.29, 0.717) is 18.2 Å². The van der Waals surface area contributed by atoms with Gasteiger partial charge in [-0.2, -0.15) is 0 Å². The van der Waals surface area contributed by atoms with Gasteiger partial charge in [0.2, 0.25) is 5.95 Å². The SMILES string of the molecule is Cc1ccc(NC(=O)c2cc(C)nc(NCCc3ccccc3)n2)c(C)c1. The number of aromatic nitrogens is 2. The maximum Gasteiger partial charge on any atom is 0.274 e. The predicted octanol–water partition coefficient (Wildman–Crippen LogP) is 4.31. The molecular weight excluding hydrogens is 336 g/mol. The number of hydrogen-bond donors (Lipinski definition) is 2. The molecule has 0 aliphatic carbocycles. The summed E-state index contributed by atoms with van der Waals surface area (Å²) >= 11 is 0. The Labute approximate surface area is 159 Å². The quantitative estimate of drug-likeness (QED) is 0.687. The first-order valence-corrected chi connectivity index (χ1v) is 9.03. The Hall–Kier alpha value is -3.21. The lowest BCUT2D eigenvalue weighted by Crippen LogP contribution is -2.17. The molecule has 5 nitrogen and oxygen atoms in total. The van der Waals surface area contributed by atoms with Gasteiger partial charge in [0.05, 0.1) is 0 Å². The first-order valence-electron chi connectivity index (χ1n) is 9.03. The van der Waals surface area contributed by atoms with Crippen LogP contribution in [0.25, 0.3) is 0 Å². The number of aryl methyl sites for hydroxylation is 3. The Morgan fingerprint density at radius 2 is 1.74 bits per heavy atom. The average molecular weight is 360 g/mol. The van der Waals surface area contributed by atoms with Gasteiger partial charge in [0.25, 0.3) is 5.91 Å². The van der Waals surface area contributed by atoms with Crippen molar-refractivity contribution in [3.63, 3.8) is 0 Å². The molecule has 0 spiro atoms. The minimum Gasteiger partial charge on any atom is -0.354 e. The van der Waals surface area contributed by atoms with Crippen LogP contribution in [0.3, 0.4) is 0 Å². The average Bonchev–Trinajstić information content (AvgIpc) is 2.64. The third-order valence-corrected chi connectivity index (χ3v) is 4.26. The molecular formula is C22H24N4O. The van der Waals surface area contributed by atoms with E-state index in [2.05, 4.69) is 32.7 Å². The second-order valence-electron chi connectivity index (χ2n) is 6.65. The van der Waals surface area contributed by atoms with Crippen molar-refractivity contribution in [2.75, 3.05) is 17.2 Å². The highest BCUT2D eigenvalue weighted by Crippen LogP contribution is 2.17. The van der Waals surface area contributed by atoms with Crippen LogP contribution in [-0.2, 0) is 6.42 Å². The number of carbonyl (C=O) groups excluding carboxylic acids is 1. The molecule has 0 saturated carbocycles. The van der Waals surface area contributed by atoms with Crippen LogP contribution in [-0.4, -0.2) is 22.4 Å². The van der Waals surface area contributed by atoms with E-state index in [1.54, 1.807) is 6.07 Å². The van der Waals surface area contributed by atoms with Crippen molar-refractivity contribution in [1.82, 2.24) is 9.97 Å². The summed E-state index contributed by atoms with van der Waals surface area (Å²) in [6.07, 6.45) is 0.863. The van der Waals surface area contributed by atoms with Crippen LogP contribution < -0.4 is 10.6 Å². The topological polar surface area (TPSA) is 66.9 Å². The molecule has 2 N–H and O–H groups in total. The third-order valence-electron chi connectivity index (χ3n) is 4.26. The van der Waals surface area contributed by atoms with E-state index in [-0.39, 0.29) is 5.91 Å². The Morgan fingerprint density at radius 1 is 0.963 bits per heavy atom. The minimum absolute atomic E-state index is 0.237. The van der Waals surface area contributed by atoms with Crippen molar-refractivity contribution in [2.45, 2.75) is 27.2 Å². The van der Waals surface area contributed by atoms with Crippen molar-refractivity contribution < 1.29 is 4.79 Å². The molecule has 2 aromatic carbocycles. The van der Waals surface area contributed by atoms with Crippen LogP contribution >= 0.6 is 0 Å². The number of nitrogens with one attached hydrogen (secondary N) is 2. The van der Waals surface area contributed by atoms with E-state index in [9.17, 15) is 4.79 Å². The normalized spacial score (nSPS) is 10.5. The molecule has 0 aliphatic rings. The van der Waals surface area contributed by atoms with Gasteiger partial charge in [-0.1, -0.05) is 48.0 Å². The summed E-state index contributed by atoms with van der Waals surface area (Å²) in [4.78, 5) is 21.4. The summed E-state index contributed by atoms with van der Waals surface area (Å²) in [5.74, 6) is 0.232. The Kier molecular flexibility index (Phi) is 5.81. The fourth-order valence-corrected chi connectivity index (χ4v) is 2.87. The van der Waals surface area contributed by atoms with E-state index >= 15 is 0 Å². The molecule has 1 amide bonds. The zero-order valence-corrected chi connectivity index (χ0v) is 15.9. The van der Waals surface area contributed by atoms with Crippen LogP contribution in [0.1, 0.15) is 32.9 Å². The van der Waals surface area contributed by atoms with Crippen LogP contribution in [0.4, 0.5) is 11.6 Å². The fourth-order valence-electron chi connectivity index (χ4n) is 2.87. The minimum atomic E-state index is -0.237. The molecule has 27 heavy (non-hydrogen) atoms. The summed E-state index contributed by atoms with van der Waals surface area (Å²) in [5, 5.41) is 6.14. The molecule has 0 fully saturated rings. The van der Waals surface area contributed by atoms with E-state index < -0.39 is 0 Å². The molecule has 0 atom stereocenters. The summed E-state index contributed by atoms with van der Waals surface area (Å²) in [6.45, 7) is 6.56. The van der Waals surface area contributed by atoms with Gasteiger partial charge < -0.3 is 10.6 Å². The first kappa shape index (κ1) is 18.6. The van der Waals surface area contributed by atoms with E-state index in [1.165, 1.54) is 5.56 Å². The molecule has 0 aliphatic heterocycles. The standard InChI is InChI=1S/C22H24N4O/c1-15-9-10-19(16(2)13-15)25-21(27)20-14-17(3)24-22(26-20)23-12-11-18-7-5-4-6-8-18/h4-10,13-14H,11-12H2,1-3H3,(H,25,27)(H,23,24,26). The van der Waals surface area contributed by atoms with Crippen LogP contribution in [0, 0.1) is 20.8 Å². The van der Waals surface area contributed by atoms with Crippen LogP contribution in [0.15, 0.2) is 54.6 Å². The lowest BCUT2D eigenvalue weighted by Gasteiger charge is -2.11. The molecule has 1 aromatic heterocycles. The fraction of sp³-hybridized carbons (Fsp3) is 0.227. The number of benzene rings is 2. The number of rotatable bonds is 6. The van der Waals surface area contributed by atoms with E-state index in [4.69, 9.17) is 0 Å². The van der Waals surface area contributed by atoms with Gasteiger partial charge in [0.1, 0.15) is 5.69 Å². The van der Waals surface area contributed by atoms with E-state index in [0.717, 1.165) is 28.9 Å². The zero-order chi connectivity index (χ0) is 19.2. The summed E-state index contributed by atoms with van der Waals surface area (Å²) < 4.78 is 0. The number of anilines is 2. The highest BCUT2D eigenvalue weighted by atomic mass is 16.1. The van der Waals surface area contributed by atoms with Crippen molar-refractivity contribution in [1.29, 1.82) is 0 Å². The lowest BCUT2D eigenvalue weighted by atomic mass is 10.1. The molecule has 5 heteroatoms. The van der Waals surface area contributed by atoms with E-state index in [1.807, 2.05) is 57.2 Å². The van der Waals surface area contributed by atoms with Crippen molar-refractivity contribution in [3.8, 4) is 0 Å². The second-order valence-corrected chi connectivity index (χ2v) is 6.65. The third kappa shape index (κ3) is 5.14. The summed E-state index contributed by atoms with van der Waals surface area (Å²) in [6, 6.07) is 17.8. The van der Waals surface area contributed by atoms with Gasteiger partial charge in [0.15, 0.2) is 0 Å². The summed E-state index contributed by atoms with van der Waals surface area (Å²) in [5.41, 5.74) is 5.32. The van der Waals surface area contributed by atoms with Crippen molar-refractivity contribution in [2.24, 2.45) is 0 Å². The first-order chi connectivity index (χ1) is 13.0. The number of nitrogens with zero attached hydrogens (tertiary/aromatic N) is 2. The predicted molar refractivity (Wildman–Crippen MR) is 109 cm³/mol. The monoisotopic (exact) mass is 360 g/mol. The zero-order valence-electron chi connectivity index (χ0n) is 15.9. The maximum atomic E-state index is 12.6. The highest BCUT2D eigenvalue weighted by Gasteiger charge is 2.12. The van der Waals surface area contributed by atoms with Gasteiger partial charge in [-0.3, -0.25) is 4.79 Å². The van der Waals surface area contributed by atoms with Crippen LogP contribution in [0.2, 0.25) is 0 Å². The largest absolute Gasteiger partial charge is 0.354 e. The van der Waals surface area contributed by atoms with Gasteiger partial charge in [-0.05, 0) is 50.5 Å². The Morgan fingerprint density at radius 3 is 2.48 bits per heavy atom. The Bertz CT molecular complexity index is 938. The number of amides is 1. The van der Waals surface area contributed by atoms with Crippen LogP contribution in [0.5, 0.6) is 0 Å². The molecule has 0 saturated heterocycles. The van der Waals surface area contributed by atoms with Gasteiger partial charge in [0, 0.05) is 17.9 Å². The van der Waals surface area contributed by atoms with Crippen molar-refractivity contribution in [3.05, 3.63) is 82.7 Å². The maximum absolute atomic E-state index is 12.6. The summed E-state index contributed by atoms with van der Waals surface area (Å²) in [7, 11) is 0. The molecule has 0 unspecified atom stereocenters. The molecule has 3 rings (SSSR count). The number of carbonyl (C=O) groups is 1. The molecule has 0 bridgehead atoms. The van der Waals surface area contributed by atoms with Gasteiger partial charge in [-0.25, -0.2) is 9.97 Å². The van der Waals surface area contributed by atoms with Crippen molar-refractivity contribution >= 4 is 17.5 Å². The van der Waals surface area contributed by atoms with Gasteiger partial charge >= 0.3 is 0 Å². The molecule has 1 heterocycles. The highest BCUT2D eigenvalue weighted by molar-refractivity contribution is 6.03. The molecule has 138 valence electrons.